The molecular formula is C14H9BrN2O. The van der Waals surface area contributed by atoms with E-state index >= 15 is 0 Å². The number of nitrogens with zero attached hydrogens (tertiary/aromatic N) is 1. The number of ether oxygens (including phenoxy) is 1. The predicted octanol–water partition coefficient (Wildman–Crippen LogP) is 3.88. The van der Waals surface area contributed by atoms with E-state index in [4.69, 9.17) is 4.74 Å². The molecule has 2 aromatic carbocycles. The number of rotatable bonds is 0. The fourth-order valence-electron chi connectivity index (χ4n) is 2.51. The summed E-state index contributed by atoms with van der Waals surface area (Å²) in [6, 6.07) is 6.24. The minimum atomic E-state index is 0.615. The topological polar surface area (TPSA) is 37.9 Å². The summed E-state index contributed by atoms with van der Waals surface area (Å²) in [5.74, 6) is 0.898. The van der Waals surface area contributed by atoms with Crippen LogP contribution in [-0.4, -0.2) is 16.8 Å². The zero-order valence-corrected chi connectivity index (χ0v) is 11.0. The summed E-state index contributed by atoms with van der Waals surface area (Å²) in [7, 11) is 0. The van der Waals surface area contributed by atoms with E-state index in [0.29, 0.717) is 6.61 Å². The molecule has 1 aliphatic heterocycles. The maximum Gasteiger partial charge on any atom is 0.141 e. The van der Waals surface area contributed by atoms with E-state index in [1.807, 2.05) is 18.3 Å². The van der Waals surface area contributed by atoms with Crippen molar-refractivity contribution >= 4 is 43.7 Å². The lowest BCUT2D eigenvalue weighted by atomic mass is 10.1. The maximum absolute atomic E-state index is 5.75. The van der Waals surface area contributed by atoms with Crippen LogP contribution in [0, 0.1) is 0 Å². The molecule has 0 aliphatic carbocycles. The number of hydrogen-bond acceptors (Lipinski definition) is 2. The number of hydrogen-bond donors (Lipinski definition) is 1. The second kappa shape index (κ2) is 3.59. The van der Waals surface area contributed by atoms with Crippen LogP contribution < -0.4 is 4.74 Å². The molecule has 0 spiro atoms. The normalized spacial score (nSPS) is 13.8. The van der Waals surface area contributed by atoms with E-state index in [1.54, 1.807) is 0 Å². The molecule has 4 heteroatoms. The third kappa shape index (κ3) is 1.26. The van der Waals surface area contributed by atoms with E-state index in [1.165, 1.54) is 10.8 Å². The molecule has 18 heavy (non-hydrogen) atoms. The van der Waals surface area contributed by atoms with E-state index in [-0.39, 0.29) is 0 Å². The molecule has 1 N–H and O–H groups in total. The van der Waals surface area contributed by atoms with E-state index < -0.39 is 0 Å². The van der Waals surface area contributed by atoms with Gasteiger partial charge in [-0.1, -0.05) is 18.2 Å². The Morgan fingerprint density at radius 1 is 1.33 bits per heavy atom. The van der Waals surface area contributed by atoms with Gasteiger partial charge in [-0.25, -0.2) is 0 Å². The van der Waals surface area contributed by atoms with Crippen molar-refractivity contribution < 1.29 is 4.74 Å². The highest BCUT2D eigenvalue weighted by Crippen LogP contribution is 2.39. The standard InChI is InChI=1S/C14H9BrN2O/c15-11-6-12-13-8(7-16-17-12)3-4-9(13)10-2-1-5-18-14(10)11/h1-4,6-7,17H,5H2. The first-order valence-corrected chi connectivity index (χ1v) is 6.51. The first kappa shape index (κ1) is 10.1. The lowest BCUT2D eigenvalue weighted by molar-refractivity contribution is 0.357. The van der Waals surface area contributed by atoms with Gasteiger partial charge in [0.25, 0.3) is 0 Å². The van der Waals surface area contributed by atoms with Crippen molar-refractivity contribution in [2.45, 2.75) is 0 Å². The zero-order valence-electron chi connectivity index (χ0n) is 9.40. The highest BCUT2D eigenvalue weighted by molar-refractivity contribution is 9.10. The highest BCUT2D eigenvalue weighted by Gasteiger charge is 2.15. The monoisotopic (exact) mass is 300 g/mol. The minimum Gasteiger partial charge on any atom is -0.488 e. The van der Waals surface area contributed by atoms with Gasteiger partial charge in [-0.2, -0.15) is 5.10 Å². The van der Waals surface area contributed by atoms with Crippen LogP contribution in [0.25, 0.3) is 27.8 Å². The van der Waals surface area contributed by atoms with Crippen molar-refractivity contribution in [1.82, 2.24) is 10.2 Å². The molecule has 88 valence electrons. The first-order valence-electron chi connectivity index (χ1n) is 5.72. The Bertz CT molecular complexity index is 804. The Kier molecular flexibility index (Phi) is 2.02. The smallest absolute Gasteiger partial charge is 0.141 e. The van der Waals surface area contributed by atoms with Crippen LogP contribution in [0.5, 0.6) is 5.75 Å². The number of aromatic amines is 1. The summed E-state index contributed by atoms with van der Waals surface area (Å²) in [5, 5.41) is 10.7. The fraction of sp³-hybridized carbons (Fsp3) is 0.0714. The summed E-state index contributed by atoms with van der Waals surface area (Å²) in [6.07, 6.45) is 6.01. The van der Waals surface area contributed by atoms with Crippen molar-refractivity contribution in [3.8, 4) is 5.75 Å². The second-order valence-electron chi connectivity index (χ2n) is 4.31. The molecule has 0 radical (unpaired) electrons. The maximum atomic E-state index is 5.75. The Labute approximate surface area is 112 Å². The molecular weight excluding hydrogens is 292 g/mol. The van der Waals surface area contributed by atoms with Gasteiger partial charge in [0, 0.05) is 16.3 Å². The highest BCUT2D eigenvalue weighted by atomic mass is 79.9. The molecule has 0 bridgehead atoms. The summed E-state index contributed by atoms with van der Waals surface area (Å²) in [6.45, 7) is 0.615. The number of halogens is 1. The molecule has 0 unspecified atom stereocenters. The zero-order chi connectivity index (χ0) is 12.1. The van der Waals surface area contributed by atoms with Crippen LogP contribution in [0.1, 0.15) is 5.56 Å². The average Bonchev–Trinajstić information content (AvgIpc) is 2.78. The molecule has 1 aromatic heterocycles. The summed E-state index contributed by atoms with van der Waals surface area (Å²) in [4.78, 5) is 0. The Balaban J connectivity index is 2.34. The van der Waals surface area contributed by atoms with Crippen molar-refractivity contribution in [1.29, 1.82) is 0 Å². The van der Waals surface area contributed by atoms with E-state index in [0.717, 1.165) is 26.7 Å². The first-order chi connectivity index (χ1) is 8.84. The predicted molar refractivity (Wildman–Crippen MR) is 75.8 cm³/mol. The van der Waals surface area contributed by atoms with Crippen molar-refractivity contribution in [3.05, 3.63) is 40.5 Å². The van der Waals surface area contributed by atoms with E-state index in [2.05, 4.69) is 44.3 Å². The molecule has 3 aromatic rings. The van der Waals surface area contributed by atoms with Crippen LogP contribution in [0.4, 0.5) is 0 Å². The van der Waals surface area contributed by atoms with Gasteiger partial charge in [0.2, 0.25) is 0 Å². The Morgan fingerprint density at radius 3 is 3.22 bits per heavy atom. The van der Waals surface area contributed by atoms with Gasteiger partial charge in [-0.3, -0.25) is 5.10 Å². The van der Waals surface area contributed by atoms with Gasteiger partial charge < -0.3 is 4.74 Å². The van der Waals surface area contributed by atoms with Crippen LogP contribution in [0.2, 0.25) is 0 Å². The quantitative estimate of drug-likeness (QED) is 0.684. The van der Waals surface area contributed by atoms with Crippen LogP contribution in [0.15, 0.2) is 34.9 Å². The summed E-state index contributed by atoms with van der Waals surface area (Å²) in [5.41, 5.74) is 2.13. The largest absolute Gasteiger partial charge is 0.488 e. The second-order valence-corrected chi connectivity index (χ2v) is 5.16. The average molecular weight is 301 g/mol. The van der Waals surface area contributed by atoms with Gasteiger partial charge in [0.15, 0.2) is 0 Å². The molecule has 0 atom stereocenters. The number of aromatic nitrogens is 2. The number of H-pyrrole nitrogens is 1. The van der Waals surface area contributed by atoms with Crippen LogP contribution >= 0.6 is 15.9 Å². The van der Waals surface area contributed by atoms with Gasteiger partial charge in [-0.05, 0) is 33.5 Å². The lowest BCUT2D eigenvalue weighted by Gasteiger charge is -2.11. The number of nitrogens with one attached hydrogen (secondary N) is 1. The molecule has 3 nitrogen and oxygen atoms in total. The van der Waals surface area contributed by atoms with Crippen molar-refractivity contribution in [2.75, 3.05) is 6.61 Å². The summed E-state index contributed by atoms with van der Waals surface area (Å²) < 4.78 is 6.70. The van der Waals surface area contributed by atoms with Crippen molar-refractivity contribution in [3.63, 3.8) is 0 Å². The SMILES string of the molecule is Brc1cc2[nH]ncc3ccc(c4c1OCC=C4)c32. The summed E-state index contributed by atoms with van der Waals surface area (Å²) >= 11 is 3.59. The van der Waals surface area contributed by atoms with Gasteiger partial charge in [0.1, 0.15) is 12.4 Å². The van der Waals surface area contributed by atoms with Gasteiger partial charge in [0.05, 0.1) is 16.2 Å². The van der Waals surface area contributed by atoms with Crippen LogP contribution in [0.3, 0.4) is 0 Å². The van der Waals surface area contributed by atoms with Gasteiger partial charge in [-0.15, -0.1) is 0 Å². The van der Waals surface area contributed by atoms with Crippen molar-refractivity contribution in [2.24, 2.45) is 0 Å². The minimum absolute atomic E-state index is 0.615. The molecule has 1 aliphatic rings. The molecule has 4 rings (SSSR count). The molecule has 2 heterocycles. The lowest BCUT2D eigenvalue weighted by Crippen LogP contribution is -1.99. The van der Waals surface area contributed by atoms with E-state index in [9.17, 15) is 0 Å². The number of fused-ring (bicyclic) bond motifs is 2. The third-order valence-corrected chi connectivity index (χ3v) is 3.87. The molecule has 0 amide bonds. The fourth-order valence-corrected chi connectivity index (χ4v) is 3.07. The third-order valence-electron chi connectivity index (χ3n) is 3.28. The molecule has 0 saturated carbocycles. The molecule has 0 saturated heterocycles. The Morgan fingerprint density at radius 2 is 2.28 bits per heavy atom. The van der Waals surface area contributed by atoms with Gasteiger partial charge >= 0.3 is 0 Å². The Hall–Kier alpha value is -1.81. The van der Waals surface area contributed by atoms with Crippen LogP contribution in [-0.2, 0) is 0 Å². The molecule has 0 fully saturated rings.